The van der Waals surface area contributed by atoms with Crippen molar-refractivity contribution in [3.05, 3.63) is 28.8 Å². The highest BCUT2D eigenvalue weighted by Crippen LogP contribution is 2.26. The Bertz CT molecular complexity index is 434. The van der Waals surface area contributed by atoms with E-state index < -0.39 is 23.7 Å². The molecule has 0 fully saturated rings. The van der Waals surface area contributed by atoms with Crippen molar-refractivity contribution >= 4 is 23.3 Å². The first-order chi connectivity index (χ1) is 8.93. The molecule has 0 aliphatic rings. The van der Waals surface area contributed by atoms with Crippen molar-refractivity contribution in [1.29, 1.82) is 0 Å². The van der Waals surface area contributed by atoms with E-state index in [0.717, 1.165) is 6.07 Å². The zero-order valence-corrected chi connectivity index (χ0v) is 11.0. The predicted octanol–water partition coefficient (Wildman–Crippen LogP) is 2.34. The smallest absolute Gasteiger partial charge is 0.308 e. The molecule has 0 aliphatic carbocycles. The molecule has 0 amide bonds. The van der Waals surface area contributed by atoms with Gasteiger partial charge >= 0.3 is 5.97 Å². The summed E-state index contributed by atoms with van der Waals surface area (Å²) in [5.41, 5.74) is -0.119. The fourth-order valence-electron chi connectivity index (χ4n) is 1.42. The van der Waals surface area contributed by atoms with Gasteiger partial charge in [0.25, 0.3) is 0 Å². The molecule has 106 valence electrons. The van der Waals surface area contributed by atoms with Gasteiger partial charge in [-0.2, -0.15) is 0 Å². The van der Waals surface area contributed by atoms with Gasteiger partial charge in [-0.15, -0.1) is 0 Å². The number of aliphatic hydroxyl groups is 1. The largest absolute Gasteiger partial charge is 0.466 e. The van der Waals surface area contributed by atoms with E-state index in [9.17, 15) is 18.7 Å². The molecule has 1 unspecified atom stereocenters. The summed E-state index contributed by atoms with van der Waals surface area (Å²) in [6, 6.07) is 1.62. The highest BCUT2D eigenvalue weighted by Gasteiger charge is 2.14. The van der Waals surface area contributed by atoms with E-state index in [2.05, 4.69) is 10.1 Å². The third kappa shape index (κ3) is 5.00. The van der Waals surface area contributed by atoms with E-state index in [-0.39, 0.29) is 30.3 Å². The molecule has 19 heavy (non-hydrogen) atoms. The van der Waals surface area contributed by atoms with Crippen LogP contribution >= 0.6 is 11.6 Å². The second-order valence-corrected chi connectivity index (χ2v) is 4.20. The first kappa shape index (κ1) is 15.7. The van der Waals surface area contributed by atoms with Gasteiger partial charge in [-0.3, -0.25) is 4.79 Å². The topological polar surface area (TPSA) is 58.6 Å². The quantitative estimate of drug-likeness (QED) is 0.791. The molecule has 7 heteroatoms. The normalized spacial score (nSPS) is 12.1. The third-order valence-corrected chi connectivity index (χ3v) is 2.53. The number of hydrogen-bond donors (Lipinski definition) is 2. The Balaban J connectivity index is 2.55. The van der Waals surface area contributed by atoms with Gasteiger partial charge in [0.2, 0.25) is 0 Å². The third-order valence-electron chi connectivity index (χ3n) is 2.23. The van der Waals surface area contributed by atoms with Crippen molar-refractivity contribution in [3.63, 3.8) is 0 Å². The Hall–Kier alpha value is -1.40. The summed E-state index contributed by atoms with van der Waals surface area (Å²) < 4.78 is 30.8. The maximum atomic E-state index is 13.4. The molecule has 4 nitrogen and oxygen atoms in total. The molecule has 1 aromatic rings. The van der Waals surface area contributed by atoms with Gasteiger partial charge in [0.15, 0.2) is 5.82 Å². The maximum Gasteiger partial charge on any atom is 0.308 e. The van der Waals surface area contributed by atoms with Crippen molar-refractivity contribution in [3.8, 4) is 0 Å². The van der Waals surface area contributed by atoms with E-state index in [1.807, 2.05) is 0 Å². The number of esters is 1. The van der Waals surface area contributed by atoms with Crippen molar-refractivity contribution in [2.75, 3.05) is 18.5 Å². The SMILES string of the molecule is CCOC(=O)CC(O)CNc1c(F)cc(F)cc1Cl. The summed E-state index contributed by atoms with van der Waals surface area (Å²) in [6.45, 7) is 1.76. The Kier molecular flexibility index (Phi) is 5.98. The molecular weight excluding hydrogens is 280 g/mol. The molecule has 0 saturated heterocycles. The molecule has 0 aromatic heterocycles. The maximum absolute atomic E-state index is 13.4. The summed E-state index contributed by atoms with van der Waals surface area (Å²) >= 11 is 5.66. The molecule has 0 heterocycles. The molecule has 1 rings (SSSR count). The average molecular weight is 294 g/mol. The number of carbonyl (C=O) groups excluding carboxylic acids is 1. The van der Waals surface area contributed by atoms with Gasteiger partial charge in [0, 0.05) is 12.6 Å². The molecule has 2 N–H and O–H groups in total. The number of halogens is 3. The number of aliphatic hydroxyl groups excluding tert-OH is 1. The number of hydrogen-bond acceptors (Lipinski definition) is 4. The zero-order valence-electron chi connectivity index (χ0n) is 10.3. The molecule has 0 bridgehead atoms. The second kappa shape index (κ2) is 7.25. The van der Waals surface area contributed by atoms with Gasteiger partial charge in [-0.05, 0) is 13.0 Å². The lowest BCUT2D eigenvalue weighted by atomic mass is 10.2. The van der Waals surface area contributed by atoms with Crippen LogP contribution in [0.15, 0.2) is 12.1 Å². The first-order valence-corrected chi connectivity index (χ1v) is 6.04. The Morgan fingerprint density at radius 2 is 2.21 bits per heavy atom. The number of nitrogens with one attached hydrogen (secondary N) is 1. The molecule has 0 radical (unpaired) electrons. The van der Waals surface area contributed by atoms with E-state index in [1.54, 1.807) is 6.92 Å². The van der Waals surface area contributed by atoms with E-state index in [0.29, 0.717) is 6.07 Å². The van der Waals surface area contributed by atoms with Gasteiger partial charge in [-0.1, -0.05) is 11.6 Å². The van der Waals surface area contributed by atoms with Crippen molar-refractivity contribution in [2.45, 2.75) is 19.4 Å². The van der Waals surface area contributed by atoms with Crippen LogP contribution in [-0.4, -0.2) is 30.3 Å². The van der Waals surface area contributed by atoms with E-state index >= 15 is 0 Å². The predicted molar refractivity (Wildman–Crippen MR) is 67.1 cm³/mol. The van der Waals surface area contributed by atoms with Gasteiger partial charge in [0.1, 0.15) is 5.82 Å². The summed E-state index contributed by atoms with van der Waals surface area (Å²) in [4.78, 5) is 11.1. The lowest BCUT2D eigenvalue weighted by molar-refractivity contribution is -0.145. The average Bonchev–Trinajstić information content (AvgIpc) is 2.27. The highest BCUT2D eigenvalue weighted by atomic mass is 35.5. The number of rotatable bonds is 6. The second-order valence-electron chi connectivity index (χ2n) is 3.79. The van der Waals surface area contributed by atoms with Crippen molar-refractivity contribution < 1.29 is 23.4 Å². The fourth-order valence-corrected chi connectivity index (χ4v) is 1.68. The zero-order chi connectivity index (χ0) is 14.4. The minimum atomic E-state index is -1.06. The van der Waals surface area contributed by atoms with Crippen LogP contribution in [0.25, 0.3) is 0 Å². The van der Waals surface area contributed by atoms with E-state index in [4.69, 9.17) is 11.6 Å². The highest BCUT2D eigenvalue weighted by molar-refractivity contribution is 6.33. The molecule has 1 aromatic carbocycles. The fraction of sp³-hybridized carbons (Fsp3) is 0.417. The van der Waals surface area contributed by atoms with E-state index in [1.165, 1.54) is 0 Å². The summed E-state index contributed by atoms with van der Waals surface area (Å²) in [5, 5.41) is 11.9. The number of anilines is 1. The van der Waals surface area contributed by atoms with Crippen LogP contribution in [-0.2, 0) is 9.53 Å². The van der Waals surface area contributed by atoms with Crippen molar-refractivity contribution in [2.24, 2.45) is 0 Å². The van der Waals surface area contributed by atoms with Crippen LogP contribution in [0, 0.1) is 11.6 Å². The lowest BCUT2D eigenvalue weighted by Crippen LogP contribution is -2.24. The van der Waals surface area contributed by atoms with Crippen LogP contribution in [0.2, 0.25) is 5.02 Å². The Morgan fingerprint density at radius 3 is 2.79 bits per heavy atom. The Labute approximate surface area is 114 Å². The van der Waals surface area contributed by atoms with Crippen LogP contribution in [0.4, 0.5) is 14.5 Å². The molecule has 0 spiro atoms. The van der Waals surface area contributed by atoms with Crippen LogP contribution in [0.5, 0.6) is 0 Å². The van der Waals surface area contributed by atoms with Gasteiger partial charge in [0.05, 0.1) is 29.8 Å². The minimum absolute atomic E-state index is 0.110. The minimum Gasteiger partial charge on any atom is -0.466 e. The Morgan fingerprint density at radius 1 is 1.53 bits per heavy atom. The summed E-state index contributed by atoms with van der Waals surface area (Å²) in [5.74, 6) is -2.21. The standard InChI is InChI=1S/C12H14ClF2NO3/c1-2-19-11(18)5-8(17)6-16-12-9(13)3-7(14)4-10(12)15/h3-4,8,16-17H,2,5-6H2,1H3. The summed E-state index contributed by atoms with van der Waals surface area (Å²) in [6.07, 6.45) is -1.28. The van der Waals surface area contributed by atoms with Gasteiger partial charge < -0.3 is 15.2 Å². The lowest BCUT2D eigenvalue weighted by Gasteiger charge is -2.13. The van der Waals surface area contributed by atoms with Gasteiger partial charge in [-0.25, -0.2) is 8.78 Å². The number of carbonyl (C=O) groups is 1. The molecular formula is C12H14ClF2NO3. The van der Waals surface area contributed by atoms with Crippen LogP contribution in [0.1, 0.15) is 13.3 Å². The summed E-state index contributed by atoms with van der Waals surface area (Å²) in [7, 11) is 0. The first-order valence-electron chi connectivity index (χ1n) is 5.66. The molecule has 0 aliphatic heterocycles. The molecule has 1 atom stereocenters. The van der Waals surface area contributed by atoms with Crippen LogP contribution in [0.3, 0.4) is 0 Å². The number of benzene rings is 1. The number of ether oxygens (including phenoxy) is 1. The van der Waals surface area contributed by atoms with Crippen molar-refractivity contribution in [1.82, 2.24) is 0 Å². The molecule has 0 saturated carbocycles. The van der Waals surface area contributed by atoms with Crippen LogP contribution < -0.4 is 5.32 Å². The monoisotopic (exact) mass is 293 g/mol.